The highest BCUT2D eigenvalue weighted by molar-refractivity contribution is 14.0. The average molecular weight is 382 g/mol. The number of guanidine groups is 1. The van der Waals surface area contributed by atoms with Gasteiger partial charge in [0.15, 0.2) is 5.96 Å². The number of hydrogen-bond donors (Lipinski definition) is 2. The highest BCUT2D eigenvalue weighted by atomic mass is 127. The maximum Gasteiger partial charge on any atom is 0.188 e. The summed E-state index contributed by atoms with van der Waals surface area (Å²) in [5, 5.41) is 3.82. The topological polar surface area (TPSA) is 59.6 Å². The highest BCUT2D eigenvalue weighted by Gasteiger charge is 2.21. The first-order chi connectivity index (χ1) is 8.24. The lowest BCUT2D eigenvalue weighted by atomic mass is 10.3. The summed E-state index contributed by atoms with van der Waals surface area (Å²) >= 11 is 5.77. The van der Waals surface area contributed by atoms with Crippen molar-refractivity contribution < 1.29 is 4.74 Å². The summed E-state index contributed by atoms with van der Waals surface area (Å²) in [7, 11) is 0. The van der Waals surface area contributed by atoms with Gasteiger partial charge in [-0.2, -0.15) is 0 Å². The minimum atomic E-state index is 0. The zero-order chi connectivity index (χ0) is 12.1. The van der Waals surface area contributed by atoms with Crippen LogP contribution in [0.25, 0.3) is 0 Å². The van der Waals surface area contributed by atoms with E-state index in [-0.39, 0.29) is 24.0 Å². The number of nitrogens with one attached hydrogen (secondary N) is 1. The molecular formula is C12H17ClIN3O. The monoisotopic (exact) mass is 381 g/mol. The van der Waals surface area contributed by atoms with Crippen LogP contribution in [0.4, 0.5) is 0 Å². The van der Waals surface area contributed by atoms with Gasteiger partial charge < -0.3 is 15.8 Å². The Balaban J connectivity index is 0.00000162. The lowest BCUT2D eigenvalue weighted by Crippen LogP contribution is -2.33. The first kappa shape index (κ1) is 15.4. The van der Waals surface area contributed by atoms with Gasteiger partial charge in [-0.15, -0.1) is 24.0 Å². The van der Waals surface area contributed by atoms with E-state index in [0.717, 1.165) is 5.75 Å². The molecular weight excluding hydrogens is 365 g/mol. The summed E-state index contributed by atoms with van der Waals surface area (Å²) in [5.41, 5.74) is 5.68. The zero-order valence-electron chi connectivity index (χ0n) is 9.93. The third-order valence-corrected chi connectivity index (χ3v) is 2.64. The van der Waals surface area contributed by atoms with Crippen molar-refractivity contribution in [1.29, 1.82) is 0 Å². The van der Waals surface area contributed by atoms with Crippen LogP contribution in [0, 0.1) is 0 Å². The predicted octanol–water partition coefficient (Wildman–Crippen LogP) is 2.40. The third-order valence-electron chi connectivity index (χ3n) is 2.39. The van der Waals surface area contributed by atoms with Crippen LogP contribution < -0.4 is 15.8 Å². The van der Waals surface area contributed by atoms with E-state index in [4.69, 9.17) is 22.1 Å². The van der Waals surface area contributed by atoms with E-state index in [0.29, 0.717) is 30.2 Å². The van der Waals surface area contributed by atoms with E-state index in [1.54, 1.807) is 12.1 Å². The molecule has 0 bridgehead atoms. The van der Waals surface area contributed by atoms with Gasteiger partial charge in [0.1, 0.15) is 12.4 Å². The van der Waals surface area contributed by atoms with E-state index in [1.165, 1.54) is 12.8 Å². The van der Waals surface area contributed by atoms with Gasteiger partial charge in [-0.25, -0.2) is 4.99 Å². The largest absolute Gasteiger partial charge is 0.492 e. The molecule has 4 nitrogen and oxygen atoms in total. The van der Waals surface area contributed by atoms with Crippen LogP contribution in [-0.2, 0) is 0 Å². The second-order valence-electron chi connectivity index (χ2n) is 3.99. The molecule has 0 saturated heterocycles. The van der Waals surface area contributed by atoms with Gasteiger partial charge in [0.25, 0.3) is 0 Å². The molecule has 0 atom stereocenters. The fourth-order valence-electron chi connectivity index (χ4n) is 1.34. The van der Waals surface area contributed by atoms with Crippen molar-refractivity contribution in [2.24, 2.45) is 10.7 Å². The summed E-state index contributed by atoms with van der Waals surface area (Å²) in [4.78, 5) is 4.17. The van der Waals surface area contributed by atoms with Crippen LogP contribution in [0.15, 0.2) is 29.3 Å². The maximum absolute atomic E-state index is 5.77. The fourth-order valence-corrected chi connectivity index (χ4v) is 1.47. The smallest absolute Gasteiger partial charge is 0.188 e. The molecule has 0 heterocycles. The van der Waals surface area contributed by atoms with E-state index >= 15 is 0 Å². The van der Waals surface area contributed by atoms with E-state index in [2.05, 4.69) is 10.3 Å². The van der Waals surface area contributed by atoms with E-state index in [1.807, 2.05) is 12.1 Å². The Morgan fingerprint density at radius 3 is 2.67 bits per heavy atom. The van der Waals surface area contributed by atoms with Gasteiger partial charge in [-0.1, -0.05) is 11.6 Å². The molecule has 1 aromatic rings. The lowest BCUT2D eigenvalue weighted by Gasteiger charge is -2.05. The van der Waals surface area contributed by atoms with Crippen molar-refractivity contribution in [2.75, 3.05) is 13.2 Å². The zero-order valence-corrected chi connectivity index (χ0v) is 13.0. The van der Waals surface area contributed by atoms with E-state index in [9.17, 15) is 0 Å². The first-order valence-electron chi connectivity index (χ1n) is 5.69. The molecule has 0 amide bonds. The number of nitrogens with two attached hydrogens (primary N) is 1. The molecule has 0 spiro atoms. The first-order valence-corrected chi connectivity index (χ1v) is 6.06. The molecule has 0 aliphatic heterocycles. The SMILES string of the molecule is I.NC(=NCCOc1ccc(Cl)cc1)NC1CC1. The molecule has 1 aliphatic rings. The molecule has 0 aromatic heterocycles. The van der Waals surface area contributed by atoms with Gasteiger partial charge in [-0.05, 0) is 37.1 Å². The minimum Gasteiger partial charge on any atom is -0.492 e. The quantitative estimate of drug-likeness (QED) is 0.356. The summed E-state index contributed by atoms with van der Waals surface area (Å²) < 4.78 is 5.48. The van der Waals surface area contributed by atoms with Crippen molar-refractivity contribution in [1.82, 2.24) is 5.32 Å². The molecule has 1 aromatic carbocycles. The maximum atomic E-state index is 5.77. The molecule has 6 heteroatoms. The van der Waals surface area contributed by atoms with Crippen LogP contribution in [0.1, 0.15) is 12.8 Å². The Hall–Kier alpha value is -0.690. The normalized spacial score (nSPS) is 14.8. The third kappa shape index (κ3) is 5.77. The fraction of sp³-hybridized carbons (Fsp3) is 0.417. The Morgan fingerprint density at radius 2 is 2.06 bits per heavy atom. The summed E-state index contributed by atoms with van der Waals surface area (Å²) in [6.07, 6.45) is 2.38. The number of rotatable bonds is 5. The number of aliphatic imine (C=N–C) groups is 1. The summed E-state index contributed by atoms with van der Waals surface area (Å²) in [6, 6.07) is 7.79. The van der Waals surface area contributed by atoms with Crippen molar-refractivity contribution in [3.8, 4) is 5.75 Å². The predicted molar refractivity (Wildman–Crippen MR) is 85.0 cm³/mol. The number of nitrogens with zero attached hydrogens (tertiary/aromatic N) is 1. The van der Waals surface area contributed by atoms with E-state index < -0.39 is 0 Å². The minimum absolute atomic E-state index is 0. The number of ether oxygens (including phenoxy) is 1. The molecule has 0 radical (unpaired) electrons. The molecule has 0 unspecified atom stereocenters. The van der Waals surface area contributed by atoms with Gasteiger partial charge in [-0.3, -0.25) is 0 Å². The number of hydrogen-bond acceptors (Lipinski definition) is 2. The summed E-state index contributed by atoms with van der Waals surface area (Å²) in [5.74, 6) is 1.30. The van der Waals surface area contributed by atoms with Gasteiger partial charge in [0.2, 0.25) is 0 Å². The molecule has 3 N–H and O–H groups in total. The second-order valence-corrected chi connectivity index (χ2v) is 4.42. The van der Waals surface area contributed by atoms with Gasteiger partial charge in [0, 0.05) is 11.1 Å². The molecule has 100 valence electrons. The Morgan fingerprint density at radius 1 is 1.39 bits per heavy atom. The van der Waals surface area contributed by atoms with Crippen molar-refractivity contribution in [2.45, 2.75) is 18.9 Å². The molecule has 1 aliphatic carbocycles. The Labute approximate surface area is 129 Å². The van der Waals surface area contributed by atoms with Gasteiger partial charge >= 0.3 is 0 Å². The van der Waals surface area contributed by atoms with Crippen molar-refractivity contribution >= 4 is 41.5 Å². The molecule has 1 fully saturated rings. The average Bonchev–Trinajstić information content (AvgIpc) is 3.11. The number of halogens is 2. The standard InChI is InChI=1S/C12H16ClN3O.HI/c13-9-1-5-11(6-2-9)17-8-7-15-12(14)16-10-3-4-10;/h1-2,5-6,10H,3-4,7-8H2,(H3,14,15,16);1H. The Bertz CT molecular complexity index is 393. The van der Waals surface area contributed by atoms with Crippen LogP contribution in [0.3, 0.4) is 0 Å². The summed E-state index contributed by atoms with van der Waals surface area (Å²) in [6.45, 7) is 1.06. The second kappa shape index (κ2) is 7.68. The van der Waals surface area contributed by atoms with Crippen LogP contribution in [-0.4, -0.2) is 25.2 Å². The van der Waals surface area contributed by atoms with Crippen molar-refractivity contribution in [3.05, 3.63) is 29.3 Å². The Kier molecular flexibility index (Phi) is 6.56. The molecule has 1 saturated carbocycles. The molecule has 18 heavy (non-hydrogen) atoms. The highest BCUT2D eigenvalue weighted by Crippen LogP contribution is 2.18. The van der Waals surface area contributed by atoms with Crippen LogP contribution in [0.5, 0.6) is 5.75 Å². The number of benzene rings is 1. The molecule has 2 rings (SSSR count). The van der Waals surface area contributed by atoms with Gasteiger partial charge in [0.05, 0.1) is 6.54 Å². The van der Waals surface area contributed by atoms with Crippen LogP contribution in [0.2, 0.25) is 5.02 Å². The lowest BCUT2D eigenvalue weighted by molar-refractivity contribution is 0.328. The van der Waals surface area contributed by atoms with Crippen molar-refractivity contribution in [3.63, 3.8) is 0 Å². The van der Waals surface area contributed by atoms with Crippen LogP contribution >= 0.6 is 35.6 Å².